The molecule has 132 valence electrons. The number of carbonyl (C=O) groups excluding carboxylic acids is 1. The number of amides is 1. The predicted octanol–water partition coefficient (Wildman–Crippen LogP) is 2.85. The predicted molar refractivity (Wildman–Crippen MR) is 96.7 cm³/mol. The Bertz CT molecular complexity index is 772. The Labute approximate surface area is 147 Å². The summed E-state index contributed by atoms with van der Waals surface area (Å²) in [6.45, 7) is 3.90. The van der Waals surface area contributed by atoms with Crippen LogP contribution >= 0.6 is 0 Å². The molecule has 0 aliphatic heterocycles. The Morgan fingerprint density at radius 2 is 1.92 bits per heavy atom. The van der Waals surface area contributed by atoms with E-state index in [-0.39, 0.29) is 12.5 Å². The Balaban J connectivity index is 1.91. The van der Waals surface area contributed by atoms with Crippen LogP contribution in [0.5, 0.6) is 17.2 Å². The highest BCUT2D eigenvalue weighted by atomic mass is 16.5. The Hall–Kier alpha value is -3.02. The molecule has 0 radical (unpaired) electrons. The fourth-order valence-electron chi connectivity index (χ4n) is 2.17. The molecule has 0 aromatic heterocycles. The molecule has 6 heteroatoms. The minimum atomic E-state index is -0.351. The zero-order valence-electron chi connectivity index (χ0n) is 14.8. The summed E-state index contributed by atoms with van der Waals surface area (Å²) in [6.07, 6.45) is 1.50. The molecule has 2 aromatic carbocycles. The molecule has 0 heterocycles. The van der Waals surface area contributed by atoms with Gasteiger partial charge in [-0.3, -0.25) is 4.79 Å². The summed E-state index contributed by atoms with van der Waals surface area (Å²) in [5, 5.41) is 3.93. The molecule has 0 saturated heterocycles. The number of aryl methyl sites for hydroxylation is 2. The minimum Gasteiger partial charge on any atom is -0.493 e. The van der Waals surface area contributed by atoms with Crippen molar-refractivity contribution < 1.29 is 19.0 Å². The van der Waals surface area contributed by atoms with Gasteiger partial charge in [-0.25, -0.2) is 5.43 Å². The molecule has 0 aliphatic rings. The van der Waals surface area contributed by atoms with E-state index in [0.29, 0.717) is 22.8 Å². The quantitative estimate of drug-likeness (QED) is 0.620. The standard InChI is InChI=1S/C19H22N2O4/c1-13-8-9-16(10-14(13)2)25-12-18(22)21-20-11-15-6-5-7-17(23-3)19(15)24-4/h5-11H,12H2,1-4H3,(H,21,22)/b20-11+. The van der Waals surface area contributed by atoms with Crippen molar-refractivity contribution in [2.75, 3.05) is 20.8 Å². The van der Waals surface area contributed by atoms with Crippen LogP contribution in [0.2, 0.25) is 0 Å². The highest BCUT2D eigenvalue weighted by molar-refractivity contribution is 5.86. The van der Waals surface area contributed by atoms with E-state index in [1.807, 2.05) is 44.2 Å². The Kier molecular flexibility index (Phi) is 6.39. The van der Waals surface area contributed by atoms with E-state index in [1.165, 1.54) is 11.8 Å². The van der Waals surface area contributed by atoms with E-state index < -0.39 is 0 Å². The number of nitrogens with zero attached hydrogens (tertiary/aromatic N) is 1. The molecule has 25 heavy (non-hydrogen) atoms. The van der Waals surface area contributed by atoms with Crippen LogP contribution in [0, 0.1) is 13.8 Å². The molecule has 2 rings (SSSR count). The highest BCUT2D eigenvalue weighted by Gasteiger charge is 2.07. The van der Waals surface area contributed by atoms with Crippen LogP contribution in [0.25, 0.3) is 0 Å². The summed E-state index contributed by atoms with van der Waals surface area (Å²) in [5.41, 5.74) is 5.40. The van der Waals surface area contributed by atoms with Crippen LogP contribution in [-0.4, -0.2) is 32.9 Å². The van der Waals surface area contributed by atoms with Crippen LogP contribution in [0.4, 0.5) is 0 Å². The van der Waals surface area contributed by atoms with Gasteiger partial charge in [0.15, 0.2) is 18.1 Å². The lowest BCUT2D eigenvalue weighted by atomic mass is 10.1. The van der Waals surface area contributed by atoms with Crippen molar-refractivity contribution in [2.45, 2.75) is 13.8 Å². The first kappa shape index (κ1) is 18.3. The average molecular weight is 342 g/mol. The number of rotatable bonds is 7. The van der Waals surface area contributed by atoms with E-state index in [1.54, 1.807) is 20.3 Å². The molecule has 0 saturated carbocycles. The zero-order chi connectivity index (χ0) is 18.2. The number of hydrogen-bond donors (Lipinski definition) is 1. The van der Waals surface area contributed by atoms with Crippen molar-refractivity contribution in [2.24, 2.45) is 5.10 Å². The van der Waals surface area contributed by atoms with Crippen molar-refractivity contribution in [3.63, 3.8) is 0 Å². The molecular formula is C19H22N2O4. The molecule has 0 aliphatic carbocycles. The highest BCUT2D eigenvalue weighted by Crippen LogP contribution is 2.29. The average Bonchev–Trinajstić information content (AvgIpc) is 2.62. The van der Waals surface area contributed by atoms with Gasteiger partial charge < -0.3 is 14.2 Å². The third-order valence-corrected chi connectivity index (χ3v) is 3.67. The number of nitrogens with one attached hydrogen (secondary N) is 1. The van der Waals surface area contributed by atoms with Gasteiger partial charge in [0.2, 0.25) is 0 Å². The second-order valence-corrected chi connectivity index (χ2v) is 5.41. The Morgan fingerprint density at radius 3 is 2.60 bits per heavy atom. The molecule has 0 unspecified atom stereocenters. The summed E-state index contributed by atoms with van der Waals surface area (Å²) in [7, 11) is 3.11. The number of para-hydroxylation sites is 1. The maximum absolute atomic E-state index is 11.8. The summed E-state index contributed by atoms with van der Waals surface area (Å²) in [6, 6.07) is 11.1. The van der Waals surface area contributed by atoms with Gasteiger partial charge in [0.05, 0.1) is 20.4 Å². The van der Waals surface area contributed by atoms with Gasteiger partial charge in [0.25, 0.3) is 5.91 Å². The first-order chi connectivity index (χ1) is 12.0. The van der Waals surface area contributed by atoms with Crippen molar-refractivity contribution in [1.82, 2.24) is 5.43 Å². The van der Waals surface area contributed by atoms with E-state index in [2.05, 4.69) is 10.5 Å². The smallest absolute Gasteiger partial charge is 0.277 e. The van der Waals surface area contributed by atoms with E-state index in [4.69, 9.17) is 14.2 Å². The lowest BCUT2D eigenvalue weighted by molar-refractivity contribution is -0.123. The van der Waals surface area contributed by atoms with Gasteiger partial charge in [-0.2, -0.15) is 5.10 Å². The summed E-state index contributed by atoms with van der Waals surface area (Å²) in [5.74, 6) is 1.44. The molecule has 0 atom stereocenters. The second kappa shape index (κ2) is 8.73. The lowest BCUT2D eigenvalue weighted by Gasteiger charge is -2.09. The number of benzene rings is 2. The SMILES string of the molecule is COc1cccc(/C=N/NC(=O)COc2ccc(C)c(C)c2)c1OC. The van der Waals surface area contributed by atoms with Gasteiger partial charge in [-0.15, -0.1) is 0 Å². The zero-order valence-corrected chi connectivity index (χ0v) is 14.8. The summed E-state index contributed by atoms with van der Waals surface area (Å²) in [4.78, 5) is 11.8. The van der Waals surface area contributed by atoms with Crippen LogP contribution in [0.3, 0.4) is 0 Å². The molecule has 1 amide bonds. The van der Waals surface area contributed by atoms with Gasteiger partial charge >= 0.3 is 0 Å². The van der Waals surface area contributed by atoms with Crippen LogP contribution in [0.15, 0.2) is 41.5 Å². The minimum absolute atomic E-state index is 0.116. The van der Waals surface area contributed by atoms with Crippen molar-refractivity contribution in [3.05, 3.63) is 53.1 Å². The van der Waals surface area contributed by atoms with Crippen LogP contribution < -0.4 is 19.6 Å². The fraction of sp³-hybridized carbons (Fsp3) is 0.263. The third kappa shape index (κ3) is 4.97. The maximum Gasteiger partial charge on any atom is 0.277 e. The monoisotopic (exact) mass is 342 g/mol. The van der Waals surface area contributed by atoms with Gasteiger partial charge in [0.1, 0.15) is 5.75 Å². The van der Waals surface area contributed by atoms with Crippen molar-refractivity contribution in [3.8, 4) is 17.2 Å². The topological polar surface area (TPSA) is 69.2 Å². The molecule has 2 aromatic rings. The number of ether oxygens (including phenoxy) is 3. The normalized spacial score (nSPS) is 10.6. The van der Waals surface area contributed by atoms with Crippen LogP contribution in [-0.2, 0) is 4.79 Å². The molecule has 6 nitrogen and oxygen atoms in total. The van der Waals surface area contributed by atoms with E-state index >= 15 is 0 Å². The van der Waals surface area contributed by atoms with E-state index in [9.17, 15) is 4.79 Å². The number of methoxy groups -OCH3 is 2. The second-order valence-electron chi connectivity index (χ2n) is 5.41. The summed E-state index contributed by atoms with van der Waals surface area (Å²) < 4.78 is 16.0. The van der Waals surface area contributed by atoms with E-state index in [0.717, 1.165) is 5.56 Å². The summed E-state index contributed by atoms with van der Waals surface area (Å²) >= 11 is 0. The van der Waals surface area contributed by atoms with Gasteiger partial charge in [-0.05, 0) is 49.2 Å². The molecule has 1 N–H and O–H groups in total. The fourth-order valence-corrected chi connectivity index (χ4v) is 2.17. The lowest BCUT2D eigenvalue weighted by Crippen LogP contribution is -2.24. The third-order valence-electron chi connectivity index (χ3n) is 3.67. The molecule has 0 fully saturated rings. The molecular weight excluding hydrogens is 320 g/mol. The molecule has 0 bridgehead atoms. The number of hydrazone groups is 1. The van der Waals surface area contributed by atoms with Gasteiger partial charge in [0, 0.05) is 5.56 Å². The van der Waals surface area contributed by atoms with Crippen molar-refractivity contribution in [1.29, 1.82) is 0 Å². The number of hydrogen-bond acceptors (Lipinski definition) is 5. The Morgan fingerprint density at radius 1 is 1.12 bits per heavy atom. The van der Waals surface area contributed by atoms with Gasteiger partial charge in [-0.1, -0.05) is 12.1 Å². The first-order valence-corrected chi connectivity index (χ1v) is 7.78. The molecule has 0 spiro atoms. The van der Waals surface area contributed by atoms with Crippen molar-refractivity contribution >= 4 is 12.1 Å². The van der Waals surface area contributed by atoms with Crippen LogP contribution in [0.1, 0.15) is 16.7 Å². The first-order valence-electron chi connectivity index (χ1n) is 7.78. The largest absolute Gasteiger partial charge is 0.493 e. The maximum atomic E-state index is 11.8. The number of carbonyl (C=O) groups is 1.